The van der Waals surface area contributed by atoms with E-state index in [2.05, 4.69) is 0 Å². The monoisotopic (exact) mass is 408 g/mol. The van der Waals surface area contributed by atoms with Crippen LogP contribution in [-0.4, -0.2) is 27.9 Å². The Balaban J connectivity index is 1.80. The maximum Gasteiger partial charge on any atom is 0.335 e. The molecule has 0 spiro atoms. The molecule has 158 valence electrons. The fourth-order valence-corrected chi connectivity index (χ4v) is 4.12. The lowest BCUT2D eigenvalue weighted by Crippen LogP contribution is -1.94. The van der Waals surface area contributed by atoms with Crippen LogP contribution in [-0.2, 0) is 4.79 Å². The number of rotatable bonds is 18. The number of carbonyl (C=O) groups is 2. The van der Waals surface area contributed by atoms with Gasteiger partial charge in [0.2, 0.25) is 0 Å². The van der Waals surface area contributed by atoms with E-state index < -0.39 is 11.9 Å². The number of carboxylic acids is 2. The molecule has 0 radical (unpaired) electrons. The summed E-state index contributed by atoms with van der Waals surface area (Å²) in [4.78, 5) is 22.4. The molecule has 0 saturated heterocycles. The van der Waals surface area contributed by atoms with Gasteiger partial charge in [0.05, 0.1) is 5.56 Å². The molecule has 2 N–H and O–H groups in total. The first kappa shape index (κ1) is 24.5. The van der Waals surface area contributed by atoms with Crippen molar-refractivity contribution in [2.45, 2.75) is 94.8 Å². The smallest absolute Gasteiger partial charge is 0.335 e. The summed E-state index contributed by atoms with van der Waals surface area (Å²) in [5.41, 5.74) is 0.347. The van der Waals surface area contributed by atoms with Gasteiger partial charge in [-0.1, -0.05) is 70.6 Å². The topological polar surface area (TPSA) is 74.6 Å². The lowest BCUT2D eigenvalue weighted by molar-refractivity contribution is -0.137. The molecule has 0 atom stereocenters. The van der Waals surface area contributed by atoms with Gasteiger partial charge in [-0.25, -0.2) is 4.79 Å². The second kappa shape index (κ2) is 16.5. The van der Waals surface area contributed by atoms with Crippen LogP contribution in [0.1, 0.15) is 100 Å². The first-order valence-electron chi connectivity index (χ1n) is 10.8. The van der Waals surface area contributed by atoms with Gasteiger partial charge in [0.1, 0.15) is 0 Å². The quantitative estimate of drug-likeness (QED) is 0.201. The van der Waals surface area contributed by atoms with Gasteiger partial charge in [0.25, 0.3) is 0 Å². The van der Waals surface area contributed by atoms with Gasteiger partial charge in [0, 0.05) is 11.3 Å². The Kier molecular flexibility index (Phi) is 14.4. The average Bonchev–Trinajstić information content (AvgIpc) is 2.67. The standard InChI is InChI=1S/C23H36O4S/c24-22(25)14-12-10-8-6-4-2-1-3-5-7-9-11-13-19-28-21-17-15-20(16-18-21)23(26)27/h15-18H,1-14,19H2,(H,24,25)(H,26,27). The minimum atomic E-state index is -0.871. The van der Waals surface area contributed by atoms with Gasteiger partial charge < -0.3 is 10.2 Å². The molecule has 1 aromatic rings. The van der Waals surface area contributed by atoms with E-state index in [-0.39, 0.29) is 0 Å². The summed E-state index contributed by atoms with van der Waals surface area (Å²) in [6.45, 7) is 0. The molecule has 4 nitrogen and oxygen atoms in total. The predicted molar refractivity (Wildman–Crippen MR) is 116 cm³/mol. The van der Waals surface area contributed by atoms with Crippen molar-refractivity contribution in [3.8, 4) is 0 Å². The van der Waals surface area contributed by atoms with Crippen LogP contribution in [0.25, 0.3) is 0 Å². The number of hydrogen-bond acceptors (Lipinski definition) is 3. The number of unbranched alkanes of at least 4 members (excludes halogenated alkanes) is 12. The van der Waals surface area contributed by atoms with Crippen LogP contribution < -0.4 is 0 Å². The average molecular weight is 409 g/mol. The summed E-state index contributed by atoms with van der Waals surface area (Å²) in [7, 11) is 0. The van der Waals surface area contributed by atoms with E-state index in [4.69, 9.17) is 10.2 Å². The van der Waals surface area contributed by atoms with E-state index >= 15 is 0 Å². The highest BCUT2D eigenvalue weighted by Gasteiger charge is 2.02. The molecule has 5 heteroatoms. The van der Waals surface area contributed by atoms with Crippen molar-refractivity contribution >= 4 is 23.7 Å². The van der Waals surface area contributed by atoms with Crippen LogP contribution >= 0.6 is 11.8 Å². The van der Waals surface area contributed by atoms with Crippen molar-refractivity contribution in [3.63, 3.8) is 0 Å². The van der Waals surface area contributed by atoms with Crippen LogP contribution in [0.4, 0.5) is 0 Å². The molecule has 0 heterocycles. The summed E-state index contributed by atoms with van der Waals surface area (Å²) < 4.78 is 0. The van der Waals surface area contributed by atoms with E-state index in [9.17, 15) is 9.59 Å². The highest BCUT2D eigenvalue weighted by atomic mass is 32.2. The normalized spacial score (nSPS) is 10.9. The Hall–Kier alpha value is -1.49. The summed E-state index contributed by atoms with van der Waals surface area (Å²) in [6.07, 6.45) is 16.4. The molecule has 0 saturated carbocycles. The van der Waals surface area contributed by atoms with Gasteiger partial charge in [-0.3, -0.25) is 4.79 Å². The molecule has 0 aromatic heterocycles. The molecule has 0 amide bonds. The van der Waals surface area contributed by atoms with Crippen molar-refractivity contribution in [1.82, 2.24) is 0 Å². The molecular formula is C23H36O4S. The van der Waals surface area contributed by atoms with Gasteiger partial charge in [-0.2, -0.15) is 0 Å². The van der Waals surface area contributed by atoms with Gasteiger partial charge >= 0.3 is 11.9 Å². The molecule has 28 heavy (non-hydrogen) atoms. The third kappa shape index (κ3) is 13.6. The van der Waals surface area contributed by atoms with Crippen molar-refractivity contribution < 1.29 is 19.8 Å². The minimum absolute atomic E-state index is 0.318. The summed E-state index contributed by atoms with van der Waals surface area (Å²) in [5.74, 6) is -0.450. The lowest BCUT2D eigenvalue weighted by atomic mass is 10.0. The van der Waals surface area contributed by atoms with Crippen molar-refractivity contribution in [3.05, 3.63) is 29.8 Å². The zero-order chi connectivity index (χ0) is 20.5. The van der Waals surface area contributed by atoms with Crippen LogP contribution in [0, 0.1) is 0 Å². The first-order valence-corrected chi connectivity index (χ1v) is 11.8. The van der Waals surface area contributed by atoms with Crippen molar-refractivity contribution in [2.75, 3.05) is 5.75 Å². The van der Waals surface area contributed by atoms with Crippen LogP contribution in [0.5, 0.6) is 0 Å². The van der Waals surface area contributed by atoms with E-state index in [1.54, 1.807) is 23.9 Å². The van der Waals surface area contributed by atoms with Crippen molar-refractivity contribution in [1.29, 1.82) is 0 Å². The molecule has 0 aliphatic rings. The molecule has 1 aromatic carbocycles. The predicted octanol–water partition coefficient (Wildman–Crippen LogP) is 7.02. The minimum Gasteiger partial charge on any atom is -0.481 e. The van der Waals surface area contributed by atoms with Gasteiger partial charge in [-0.05, 0) is 42.9 Å². The highest BCUT2D eigenvalue weighted by molar-refractivity contribution is 7.99. The van der Waals surface area contributed by atoms with Crippen LogP contribution in [0.15, 0.2) is 29.2 Å². The number of hydrogen-bond donors (Lipinski definition) is 2. The molecule has 0 aliphatic heterocycles. The SMILES string of the molecule is O=C(O)CCCCCCCCCCCCCCCSc1ccc(C(=O)O)cc1. The molecule has 0 unspecified atom stereocenters. The second-order valence-corrected chi connectivity index (χ2v) is 8.59. The third-order valence-electron chi connectivity index (χ3n) is 4.90. The lowest BCUT2D eigenvalue weighted by Gasteiger charge is -2.04. The van der Waals surface area contributed by atoms with E-state index in [1.165, 1.54) is 70.6 Å². The number of benzene rings is 1. The maximum absolute atomic E-state index is 10.8. The maximum atomic E-state index is 10.8. The fourth-order valence-electron chi connectivity index (χ4n) is 3.21. The number of thioether (sulfide) groups is 1. The van der Waals surface area contributed by atoms with Crippen molar-refractivity contribution in [2.24, 2.45) is 0 Å². The highest BCUT2D eigenvalue weighted by Crippen LogP contribution is 2.21. The zero-order valence-electron chi connectivity index (χ0n) is 17.0. The zero-order valence-corrected chi connectivity index (χ0v) is 17.9. The summed E-state index contributed by atoms with van der Waals surface area (Å²) >= 11 is 1.80. The van der Waals surface area contributed by atoms with Crippen LogP contribution in [0.2, 0.25) is 0 Å². The second-order valence-electron chi connectivity index (χ2n) is 7.42. The Morgan fingerprint density at radius 3 is 1.50 bits per heavy atom. The van der Waals surface area contributed by atoms with Crippen LogP contribution in [0.3, 0.4) is 0 Å². The van der Waals surface area contributed by atoms with E-state index in [1.807, 2.05) is 12.1 Å². The largest absolute Gasteiger partial charge is 0.481 e. The molecule has 0 fully saturated rings. The van der Waals surface area contributed by atoms with E-state index in [0.717, 1.165) is 23.5 Å². The first-order chi connectivity index (χ1) is 13.6. The molecular weight excluding hydrogens is 372 g/mol. The molecule has 1 rings (SSSR count). The number of aliphatic carboxylic acids is 1. The van der Waals surface area contributed by atoms with Gasteiger partial charge in [-0.15, -0.1) is 11.8 Å². The summed E-state index contributed by atoms with van der Waals surface area (Å²) in [6, 6.07) is 7.13. The fraction of sp³-hybridized carbons (Fsp3) is 0.652. The summed E-state index contributed by atoms with van der Waals surface area (Å²) in [5, 5.41) is 17.5. The Morgan fingerprint density at radius 1 is 0.643 bits per heavy atom. The Labute approximate surface area is 174 Å². The molecule has 0 bridgehead atoms. The number of aromatic carboxylic acids is 1. The Bertz CT molecular complexity index is 542. The number of carboxylic acid groups (broad SMARTS) is 2. The third-order valence-corrected chi connectivity index (χ3v) is 6.00. The molecule has 0 aliphatic carbocycles. The van der Waals surface area contributed by atoms with E-state index in [0.29, 0.717) is 12.0 Å². The van der Waals surface area contributed by atoms with Gasteiger partial charge in [0.15, 0.2) is 0 Å². The Morgan fingerprint density at radius 2 is 1.07 bits per heavy atom.